The number of nitrogens with zero attached hydrogens (tertiary/aromatic N) is 2. The number of hydrogen-bond acceptors (Lipinski definition) is 3. The molecule has 1 unspecified atom stereocenters. The van der Waals surface area contributed by atoms with Gasteiger partial charge < -0.3 is 15.0 Å². The van der Waals surface area contributed by atoms with E-state index in [1.807, 2.05) is 30.6 Å². The number of methoxy groups -OCH3 is 1. The van der Waals surface area contributed by atoms with E-state index in [9.17, 15) is 0 Å². The van der Waals surface area contributed by atoms with Crippen molar-refractivity contribution in [2.45, 2.75) is 25.4 Å². The third-order valence-electron chi connectivity index (χ3n) is 3.50. The topological polar surface area (TPSA) is 53.1 Å². The Kier molecular flexibility index (Phi) is 2.80. The van der Waals surface area contributed by atoms with Crippen molar-refractivity contribution in [3.05, 3.63) is 36.3 Å². The quantitative estimate of drug-likeness (QED) is 0.875. The number of para-hydroxylation sites is 1. The van der Waals surface area contributed by atoms with Crippen LogP contribution in [0, 0.1) is 0 Å². The van der Waals surface area contributed by atoms with Crippen molar-refractivity contribution in [3.63, 3.8) is 0 Å². The van der Waals surface area contributed by atoms with E-state index in [4.69, 9.17) is 10.5 Å². The number of ether oxygens (including phenoxy) is 1. The molecular weight excluding hydrogens is 226 g/mol. The fraction of sp³-hybridized carbons (Fsp3) is 0.357. The summed E-state index contributed by atoms with van der Waals surface area (Å²) in [5, 5.41) is 0. The molecule has 18 heavy (non-hydrogen) atoms. The van der Waals surface area contributed by atoms with Gasteiger partial charge in [-0.05, 0) is 18.6 Å². The molecule has 2 heterocycles. The van der Waals surface area contributed by atoms with Crippen LogP contribution in [0.3, 0.4) is 0 Å². The number of imidazole rings is 1. The lowest BCUT2D eigenvalue weighted by Crippen LogP contribution is -2.30. The molecule has 0 aliphatic carbocycles. The van der Waals surface area contributed by atoms with E-state index in [0.29, 0.717) is 0 Å². The summed E-state index contributed by atoms with van der Waals surface area (Å²) in [6.07, 6.45) is 3.81. The highest BCUT2D eigenvalue weighted by atomic mass is 16.5. The van der Waals surface area contributed by atoms with E-state index in [-0.39, 0.29) is 6.04 Å². The molecule has 4 nitrogen and oxygen atoms in total. The normalized spacial score (nSPS) is 18.4. The summed E-state index contributed by atoms with van der Waals surface area (Å²) in [5.74, 6) is 0.859. The van der Waals surface area contributed by atoms with Crippen LogP contribution in [0.1, 0.15) is 12.1 Å². The fourth-order valence-corrected chi connectivity index (χ4v) is 2.53. The lowest BCUT2D eigenvalue weighted by atomic mass is 10.00. The molecule has 94 valence electrons. The van der Waals surface area contributed by atoms with Gasteiger partial charge in [0, 0.05) is 30.3 Å². The highest BCUT2D eigenvalue weighted by Gasteiger charge is 2.21. The first kappa shape index (κ1) is 11.3. The summed E-state index contributed by atoms with van der Waals surface area (Å²) in [6, 6.07) is 8.22. The Labute approximate surface area is 106 Å². The number of aryl methyl sites for hydroxylation is 1. The van der Waals surface area contributed by atoms with Crippen molar-refractivity contribution in [1.29, 1.82) is 0 Å². The minimum Gasteiger partial charge on any atom is -0.496 e. The van der Waals surface area contributed by atoms with Crippen LogP contribution < -0.4 is 10.5 Å². The van der Waals surface area contributed by atoms with Gasteiger partial charge in [0.25, 0.3) is 0 Å². The Morgan fingerprint density at radius 2 is 2.22 bits per heavy atom. The number of fused-ring (bicyclic) bond motifs is 1. The maximum absolute atomic E-state index is 6.05. The first-order valence-electron chi connectivity index (χ1n) is 6.22. The number of hydrogen-bond donors (Lipinski definition) is 1. The maximum atomic E-state index is 6.05. The van der Waals surface area contributed by atoms with Crippen LogP contribution >= 0.6 is 0 Å². The van der Waals surface area contributed by atoms with Gasteiger partial charge in [-0.25, -0.2) is 4.98 Å². The molecule has 0 spiro atoms. The molecular formula is C14H17N3O. The van der Waals surface area contributed by atoms with E-state index in [2.05, 4.69) is 9.55 Å². The Morgan fingerprint density at radius 3 is 3.06 bits per heavy atom. The van der Waals surface area contributed by atoms with E-state index in [1.165, 1.54) is 5.69 Å². The average molecular weight is 243 g/mol. The van der Waals surface area contributed by atoms with E-state index in [1.54, 1.807) is 7.11 Å². The number of nitrogens with two attached hydrogens (primary N) is 1. The Balaban J connectivity index is 2.10. The zero-order valence-electron chi connectivity index (χ0n) is 10.5. The Hall–Kier alpha value is -1.81. The minimum atomic E-state index is 0.239. The maximum Gasteiger partial charge on any atom is 0.128 e. The minimum absolute atomic E-state index is 0.239. The van der Waals surface area contributed by atoms with Crippen molar-refractivity contribution in [3.8, 4) is 17.0 Å². The van der Waals surface area contributed by atoms with E-state index < -0.39 is 0 Å². The fourth-order valence-electron chi connectivity index (χ4n) is 2.53. The van der Waals surface area contributed by atoms with E-state index >= 15 is 0 Å². The predicted molar refractivity (Wildman–Crippen MR) is 70.5 cm³/mol. The predicted octanol–water partition coefficient (Wildman–Crippen LogP) is 1.83. The van der Waals surface area contributed by atoms with E-state index in [0.717, 1.165) is 36.4 Å². The van der Waals surface area contributed by atoms with Gasteiger partial charge in [0.15, 0.2) is 0 Å². The van der Waals surface area contributed by atoms with Crippen LogP contribution in [-0.2, 0) is 13.0 Å². The molecule has 2 N–H and O–H groups in total. The van der Waals surface area contributed by atoms with Crippen LogP contribution in [0.5, 0.6) is 5.75 Å². The lowest BCUT2D eigenvalue weighted by Gasteiger charge is -2.21. The van der Waals surface area contributed by atoms with Gasteiger partial charge in [0.2, 0.25) is 0 Å². The van der Waals surface area contributed by atoms with Gasteiger partial charge in [-0.2, -0.15) is 0 Å². The third kappa shape index (κ3) is 1.78. The molecule has 0 amide bonds. The molecule has 1 aromatic heterocycles. The highest BCUT2D eigenvalue weighted by Crippen LogP contribution is 2.32. The smallest absolute Gasteiger partial charge is 0.128 e. The molecule has 1 aliphatic heterocycles. The zero-order valence-corrected chi connectivity index (χ0v) is 10.5. The number of rotatable bonds is 2. The lowest BCUT2D eigenvalue weighted by molar-refractivity contribution is 0.416. The van der Waals surface area contributed by atoms with Gasteiger partial charge >= 0.3 is 0 Å². The van der Waals surface area contributed by atoms with Gasteiger partial charge in [0.1, 0.15) is 5.75 Å². The monoisotopic (exact) mass is 243 g/mol. The van der Waals surface area contributed by atoms with Gasteiger partial charge in [-0.1, -0.05) is 12.1 Å². The molecule has 3 rings (SSSR count). The van der Waals surface area contributed by atoms with Crippen molar-refractivity contribution in [2.24, 2.45) is 5.73 Å². The van der Waals surface area contributed by atoms with Crippen molar-refractivity contribution in [1.82, 2.24) is 9.55 Å². The van der Waals surface area contributed by atoms with Gasteiger partial charge in [0.05, 0.1) is 19.1 Å². The molecule has 1 aromatic carbocycles. The standard InChI is InChI=1S/C14H17N3O/c1-18-13-5-3-2-4-11(13)14-12-8-10(15)6-7-17(12)9-16-14/h2-5,9-10H,6-8,15H2,1H3. The second-order valence-electron chi connectivity index (χ2n) is 4.69. The molecule has 0 saturated heterocycles. The first-order valence-corrected chi connectivity index (χ1v) is 6.22. The van der Waals surface area contributed by atoms with Crippen molar-refractivity contribution >= 4 is 0 Å². The second kappa shape index (κ2) is 4.46. The highest BCUT2D eigenvalue weighted by molar-refractivity contribution is 5.69. The first-order chi connectivity index (χ1) is 8.79. The summed E-state index contributed by atoms with van der Waals surface area (Å²) < 4.78 is 7.61. The molecule has 0 saturated carbocycles. The van der Waals surface area contributed by atoms with Crippen molar-refractivity contribution in [2.75, 3.05) is 7.11 Å². The SMILES string of the molecule is COc1ccccc1-c1ncn2c1CC(N)CC2. The Morgan fingerprint density at radius 1 is 1.39 bits per heavy atom. The molecule has 4 heteroatoms. The average Bonchev–Trinajstić information content (AvgIpc) is 2.81. The summed E-state index contributed by atoms with van der Waals surface area (Å²) in [7, 11) is 1.69. The van der Waals surface area contributed by atoms with Crippen LogP contribution in [0.2, 0.25) is 0 Å². The van der Waals surface area contributed by atoms with Crippen molar-refractivity contribution < 1.29 is 4.74 Å². The van der Waals surface area contributed by atoms with Crippen LogP contribution in [0.25, 0.3) is 11.3 Å². The summed E-state index contributed by atoms with van der Waals surface area (Å²) in [5.41, 5.74) is 9.32. The molecule has 0 fully saturated rings. The summed E-state index contributed by atoms with van der Waals surface area (Å²) in [6.45, 7) is 0.957. The summed E-state index contributed by atoms with van der Waals surface area (Å²) >= 11 is 0. The second-order valence-corrected chi connectivity index (χ2v) is 4.69. The summed E-state index contributed by atoms with van der Waals surface area (Å²) in [4.78, 5) is 4.54. The number of benzene rings is 1. The molecule has 0 bridgehead atoms. The van der Waals surface area contributed by atoms with Gasteiger partial charge in [-0.3, -0.25) is 0 Å². The zero-order chi connectivity index (χ0) is 12.5. The number of aromatic nitrogens is 2. The molecule has 1 aliphatic rings. The third-order valence-corrected chi connectivity index (χ3v) is 3.50. The van der Waals surface area contributed by atoms with Crippen LogP contribution in [0.15, 0.2) is 30.6 Å². The molecule has 2 aromatic rings. The molecule has 0 radical (unpaired) electrons. The van der Waals surface area contributed by atoms with Crippen LogP contribution in [0.4, 0.5) is 0 Å². The van der Waals surface area contributed by atoms with Crippen LogP contribution in [-0.4, -0.2) is 22.7 Å². The largest absolute Gasteiger partial charge is 0.496 e. The molecule has 1 atom stereocenters. The Bertz CT molecular complexity index is 562. The van der Waals surface area contributed by atoms with Gasteiger partial charge in [-0.15, -0.1) is 0 Å².